The molecule has 22 heavy (non-hydrogen) atoms. The number of aryl methyl sites for hydroxylation is 2. The van der Waals surface area contributed by atoms with E-state index < -0.39 is 0 Å². The Morgan fingerprint density at radius 3 is 2.68 bits per heavy atom. The third-order valence-corrected chi connectivity index (χ3v) is 4.92. The molecule has 2 saturated carbocycles. The van der Waals surface area contributed by atoms with Gasteiger partial charge in [0, 0.05) is 24.7 Å². The monoisotopic (exact) mass is 298 g/mol. The second-order valence-corrected chi connectivity index (χ2v) is 6.73. The van der Waals surface area contributed by atoms with Gasteiger partial charge in [-0.1, -0.05) is 12.8 Å². The molecular formula is C17H22N4O. The van der Waals surface area contributed by atoms with Gasteiger partial charge in [-0.3, -0.25) is 9.48 Å². The summed E-state index contributed by atoms with van der Waals surface area (Å²) in [4.78, 5) is 17.5. The van der Waals surface area contributed by atoms with E-state index in [1.165, 1.54) is 25.7 Å². The molecule has 5 nitrogen and oxygen atoms in total. The summed E-state index contributed by atoms with van der Waals surface area (Å²) in [5.41, 5.74) is 3.51. The molecule has 0 saturated heterocycles. The Kier molecular flexibility index (Phi) is 3.17. The maximum absolute atomic E-state index is 12.8. The van der Waals surface area contributed by atoms with Gasteiger partial charge < -0.3 is 5.32 Å². The highest BCUT2D eigenvalue weighted by molar-refractivity contribution is 6.06. The topological polar surface area (TPSA) is 59.8 Å². The Morgan fingerprint density at radius 2 is 2.00 bits per heavy atom. The van der Waals surface area contributed by atoms with E-state index in [0.717, 1.165) is 40.8 Å². The predicted octanol–water partition coefficient (Wildman–Crippen LogP) is 2.83. The van der Waals surface area contributed by atoms with Crippen LogP contribution in [-0.4, -0.2) is 26.7 Å². The number of nitrogens with one attached hydrogen (secondary N) is 1. The molecule has 0 unspecified atom stereocenters. The van der Waals surface area contributed by atoms with E-state index in [2.05, 4.69) is 10.4 Å². The maximum Gasteiger partial charge on any atom is 0.252 e. The summed E-state index contributed by atoms with van der Waals surface area (Å²) >= 11 is 0. The number of amides is 1. The van der Waals surface area contributed by atoms with Crippen molar-refractivity contribution in [1.29, 1.82) is 0 Å². The number of hydrogen-bond donors (Lipinski definition) is 1. The molecule has 5 heteroatoms. The smallest absolute Gasteiger partial charge is 0.252 e. The zero-order valence-corrected chi connectivity index (χ0v) is 13.2. The van der Waals surface area contributed by atoms with Crippen LogP contribution in [0.5, 0.6) is 0 Å². The van der Waals surface area contributed by atoms with Gasteiger partial charge in [0.05, 0.1) is 16.6 Å². The summed E-state index contributed by atoms with van der Waals surface area (Å²) in [6.07, 6.45) is 6.99. The van der Waals surface area contributed by atoms with Gasteiger partial charge in [-0.25, -0.2) is 4.98 Å². The van der Waals surface area contributed by atoms with E-state index >= 15 is 0 Å². The minimum absolute atomic E-state index is 0.0392. The number of aromatic nitrogens is 3. The zero-order valence-electron chi connectivity index (χ0n) is 13.2. The molecule has 2 aliphatic carbocycles. The van der Waals surface area contributed by atoms with Crippen LogP contribution in [0.3, 0.4) is 0 Å². The SMILES string of the molecule is Cc1nn(C)c2nc(C3CC3)cc(C(=O)NC3CCCC3)c12. The molecule has 1 amide bonds. The van der Waals surface area contributed by atoms with Crippen molar-refractivity contribution in [2.75, 3.05) is 0 Å². The molecule has 0 bridgehead atoms. The molecule has 4 rings (SSSR count). The molecule has 2 aromatic heterocycles. The van der Waals surface area contributed by atoms with Crippen LogP contribution in [0.15, 0.2) is 6.07 Å². The summed E-state index contributed by atoms with van der Waals surface area (Å²) in [6, 6.07) is 2.33. The number of hydrogen-bond acceptors (Lipinski definition) is 3. The van der Waals surface area contributed by atoms with E-state index in [-0.39, 0.29) is 5.91 Å². The zero-order chi connectivity index (χ0) is 15.3. The average Bonchev–Trinajstić information content (AvgIpc) is 3.16. The summed E-state index contributed by atoms with van der Waals surface area (Å²) in [5, 5.41) is 8.57. The average molecular weight is 298 g/mol. The van der Waals surface area contributed by atoms with Crippen LogP contribution in [0.2, 0.25) is 0 Å². The van der Waals surface area contributed by atoms with E-state index in [4.69, 9.17) is 4.98 Å². The molecule has 0 atom stereocenters. The largest absolute Gasteiger partial charge is 0.349 e. The lowest BCUT2D eigenvalue weighted by Gasteiger charge is -2.13. The molecule has 0 aliphatic heterocycles. The van der Waals surface area contributed by atoms with Crippen LogP contribution in [0, 0.1) is 6.92 Å². The number of rotatable bonds is 3. The second kappa shape index (κ2) is 5.07. The van der Waals surface area contributed by atoms with Crippen LogP contribution in [0.25, 0.3) is 11.0 Å². The van der Waals surface area contributed by atoms with Crippen molar-refractivity contribution < 1.29 is 4.79 Å². The minimum Gasteiger partial charge on any atom is -0.349 e. The first-order valence-corrected chi connectivity index (χ1v) is 8.28. The second-order valence-electron chi connectivity index (χ2n) is 6.73. The van der Waals surface area contributed by atoms with Gasteiger partial charge in [0.15, 0.2) is 5.65 Å². The highest BCUT2D eigenvalue weighted by atomic mass is 16.1. The van der Waals surface area contributed by atoms with Gasteiger partial charge >= 0.3 is 0 Å². The first-order valence-electron chi connectivity index (χ1n) is 8.28. The van der Waals surface area contributed by atoms with Crippen LogP contribution in [-0.2, 0) is 7.05 Å². The van der Waals surface area contributed by atoms with E-state index in [9.17, 15) is 4.79 Å². The van der Waals surface area contributed by atoms with Gasteiger partial charge in [-0.05, 0) is 38.7 Å². The molecule has 2 fully saturated rings. The lowest BCUT2D eigenvalue weighted by molar-refractivity contribution is 0.0939. The van der Waals surface area contributed by atoms with Crippen LogP contribution in [0.1, 0.15) is 66.2 Å². The normalized spacial score (nSPS) is 19.0. The first-order chi connectivity index (χ1) is 10.6. The molecule has 0 aromatic carbocycles. The van der Waals surface area contributed by atoms with Gasteiger partial charge in [-0.15, -0.1) is 0 Å². The predicted molar refractivity (Wildman–Crippen MR) is 84.9 cm³/mol. The molecule has 2 aromatic rings. The number of carbonyl (C=O) groups excluding carboxylic acids is 1. The van der Waals surface area contributed by atoms with E-state index in [0.29, 0.717) is 12.0 Å². The van der Waals surface area contributed by atoms with E-state index in [1.807, 2.05) is 20.0 Å². The van der Waals surface area contributed by atoms with Crippen LogP contribution in [0.4, 0.5) is 0 Å². The third-order valence-electron chi connectivity index (χ3n) is 4.92. The summed E-state index contributed by atoms with van der Waals surface area (Å²) in [5.74, 6) is 0.565. The van der Waals surface area contributed by atoms with Crippen molar-refractivity contribution in [2.45, 2.75) is 57.4 Å². The Morgan fingerprint density at radius 1 is 1.27 bits per heavy atom. The third kappa shape index (κ3) is 2.28. The summed E-state index contributed by atoms with van der Waals surface area (Å²) < 4.78 is 1.79. The van der Waals surface area contributed by atoms with Crippen LogP contribution < -0.4 is 5.32 Å². The van der Waals surface area contributed by atoms with Crippen molar-refractivity contribution in [3.8, 4) is 0 Å². The molecule has 0 radical (unpaired) electrons. The number of carbonyl (C=O) groups is 1. The fourth-order valence-electron chi connectivity index (χ4n) is 3.56. The Labute approximate surface area is 130 Å². The molecule has 2 heterocycles. The van der Waals surface area contributed by atoms with Crippen molar-refractivity contribution >= 4 is 16.9 Å². The lowest BCUT2D eigenvalue weighted by Crippen LogP contribution is -2.32. The summed E-state index contributed by atoms with van der Waals surface area (Å²) in [7, 11) is 1.90. The van der Waals surface area contributed by atoms with Gasteiger partial charge in [0.25, 0.3) is 5.91 Å². The van der Waals surface area contributed by atoms with Crippen molar-refractivity contribution in [1.82, 2.24) is 20.1 Å². The summed E-state index contributed by atoms with van der Waals surface area (Å²) in [6.45, 7) is 1.95. The Bertz CT molecular complexity index is 739. The van der Waals surface area contributed by atoms with Crippen LogP contribution >= 0.6 is 0 Å². The van der Waals surface area contributed by atoms with Crippen molar-refractivity contribution in [2.24, 2.45) is 7.05 Å². The maximum atomic E-state index is 12.8. The molecule has 2 aliphatic rings. The molecular weight excluding hydrogens is 276 g/mol. The Balaban J connectivity index is 1.78. The number of pyridine rings is 1. The van der Waals surface area contributed by atoms with Crippen molar-refractivity contribution in [3.05, 3.63) is 23.0 Å². The molecule has 1 N–H and O–H groups in total. The lowest BCUT2D eigenvalue weighted by atomic mass is 10.1. The highest BCUT2D eigenvalue weighted by Gasteiger charge is 2.29. The standard InChI is InChI=1S/C17H22N4O/c1-10-15-13(17(22)18-12-5-3-4-6-12)9-14(11-7-8-11)19-16(15)21(2)20-10/h9,11-12H,3-8H2,1-2H3,(H,18,22). The Hall–Kier alpha value is -1.91. The molecule has 116 valence electrons. The number of nitrogens with zero attached hydrogens (tertiary/aromatic N) is 3. The fourth-order valence-corrected chi connectivity index (χ4v) is 3.56. The fraction of sp³-hybridized carbons (Fsp3) is 0.588. The van der Waals surface area contributed by atoms with Gasteiger partial charge in [0.1, 0.15) is 0 Å². The minimum atomic E-state index is 0.0392. The number of fused-ring (bicyclic) bond motifs is 1. The van der Waals surface area contributed by atoms with Gasteiger partial charge in [-0.2, -0.15) is 5.10 Å². The van der Waals surface area contributed by atoms with Crippen molar-refractivity contribution in [3.63, 3.8) is 0 Å². The highest BCUT2D eigenvalue weighted by Crippen LogP contribution is 2.40. The quantitative estimate of drug-likeness (QED) is 0.948. The molecule has 0 spiro atoms. The van der Waals surface area contributed by atoms with E-state index in [1.54, 1.807) is 4.68 Å². The van der Waals surface area contributed by atoms with Gasteiger partial charge in [0.2, 0.25) is 0 Å². The first kappa shape index (κ1) is 13.7.